The smallest absolute Gasteiger partial charge is 0.229 e. The molecule has 2 N–H and O–H groups in total. The number of pyridine rings is 1. The highest BCUT2D eigenvalue weighted by Crippen LogP contribution is 2.19. The van der Waals surface area contributed by atoms with Crippen molar-refractivity contribution in [3.63, 3.8) is 0 Å². The van der Waals surface area contributed by atoms with Gasteiger partial charge >= 0.3 is 0 Å². The number of carbonyl (C=O) groups is 1. The lowest BCUT2D eigenvalue weighted by molar-refractivity contribution is -0.120. The Morgan fingerprint density at radius 3 is 2.83 bits per heavy atom. The number of fused-ring (bicyclic) bond motifs is 1. The topological polar surface area (TPSA) is 80.0 Å². The van der Waals surface area contributed by atoms with Crippen LogP contribution in [0.1, 0.15) is 11.3 Å². The molecule has 3 rings (SSSR count). The number of amides is 1. The van der Waals surface area contributed by atoms with Crippen LogP contribution in [0.15, 0.2) is 40.9 Å². The third-order valence-electron chi connectivity index (χ3n) is 3.63. The van der Waals surface area contributed by atoms with E-state index in [4.69, 9.17) is 16.1 Å². The van der Waals surface area contributed by atoms with Crippen molar-refractivity contribution in [1.82, 2.24) is 15.5 Å². The summed E-state index contributed by atoms with van der Waals surface area (Å²) in [6, 6.07) is 11.9. The number of aryl methyl sites for hydroxylation is 1. The highest BCUT2D eigenvalue weighted by molar-refractivity contribution is 6.29. The summed E-state index contributed by atoms with van der Waals surface area (Å²) in [5.74, 6) is 0.650. The molecule has 6 nitrogen and oxygen atoms in total. The Morgan fingerprint density at radius 1 is 1.21 bits per heavy atom. The van der Waals surface area contributed by atoms with Gasteiger partial charge in [-0.25, -0.2) is 4.98 Å². The van der Waals surface area contributed by atoms with Gasteiger partial charge in [0.05, 0.1) is 17.6 Å². The number of rotatable bonds is 6. The Bertz CT molecular complexity index is 843. The first kappa shape index (κ1) is 16.3. The molecule has 124 valence electrons. The number of hydrogen-bond donors (Lipinski definition) is 2. The predicted molar refractivity (Wildman–Crippen MR) is 93.2 cm³/mol. The minimum absolute atomic E-state index is 0.128. The van der Waals surface area contributed by atoms with Crippen LogP contribution in [0.2, 0.25) is 5.22 Å². The average Bonchev–Trinajstić information content (AvgIpc) is 2.90. The zero-order valence-corrected chi connectivity index (χ0v) is 13.9. The van der Waals surface area contributed by atoms with Crippen molar-refractivity contribution < 1.29 is 9.32 Å². The van der Waals surface area contributed by atoms with E-state index >= 15 is 0 Å². The van der Waals surface area contributed by atoms with Crippen molar-refractivity contribution in [3.05, 3.63) is 52.9 Å². The van der Waals surface area contributed by atoms with E-state index in [2.05, 4.69) is 20.8 Å². The Balaban J connectivity index is 1.47. The fraction of sp³-hybridized carbons (Fsp3) is 0.235. The van der Waals surface area contributed by atoms with Gasteiger partial charge in [0.1, 0.15) is 5.82 Å². The number of nitrogens with one attached hydrogen (secondary N) is 2. The molecular formula is C17H17ClN4O2. The summed E-state index contributed by atoms with van der Waals surface area (Å²) in [7, 11) is 0. The summed E-state index contributed by atoms with van der Waals surface area (Å²) < 4.78 is 4.83. The molecule has 0 spiro atoms. The first-order valence-corrected chi connectivity index (χ1v) is 7.98. The summed E-state index contributed by atoms with van der Waals surface area (Å²) in [5, 5.41) is 11.0. The van der Waals surface area contributed by atoms with Gasteiger partial charge in [0.25, 0.3) is 0 Å². The van der Waals surface area contributed by atoms with E-state index in [-0.39, 0.29) is 17.5 Å². The molecule has 0 aliphatic rings. The van der Waals surface area contributed by atoms with Gasteiger partial charge in [0.15, 0.2) is 0 Å². The first-order chi connectivity index (χ1) is 11.6. The van der Waals surface area contributed by atoms with Gasteiger partial charge in [-0.1, -0.05) is 23.4 Å². The van der Waals surface area contributed by atoms with E-state index < -0.39 is 0 Å². The van der Waals surface area contributed by atoms with Gasteiger partial charge in [0.2, 0.25) is 11.1 Å². The van der Waals surface area contributed by atoms with Gasteiger partial charge in [-0.2, -0.15) is 0 Å². The Kier molecular flexibility index (Phi) is 4.96. The van der Waals surface area contributed by atoms with Gasteiger partial charge < -0.3 is 15.2 Å². The zero-order valence-electron chi connectivity index (χ0n) is 13.2. The Morgan fingerprint density at radius 2 is 2.04 bits per heavy atom. The molecule has 0 fully saturated rings. The van der Waals surface area contributed by atoms with Crippen molar-refractivity contribution in [2.45, 2.75) is 13.3 Å². The maximum absolute atomic E-state index is 11.9. The quantitative estimate of drug-likeness (QED) is 0.672. The lowest BCUT2D eigenvalue weighted by atomic mass is 10.2. The summed E-state index contributed by atoms with van der Waals surface area (Å²) >= 11 is 5.85. The Labute approximate surface area is 144 Å². The van der Waals surface area contributed by atoms with E-state index in [9.17, 15) is 4.79 Å². The van der Waals surface area contributed by atoms with Crippen LogP contribution in [0, 0.1) is 6.92 Å². The monoisotopic (exact) mass is 344 g/mol. The van der Waals surface area contributed by atoms with E-state index in [1.165, 1.54) is 0 Å². The lowest BCUT2D eigenvalue weighted by Gasteiger charge is -2.08. The molecule has 0 unspecified atom stereocenters. The van der Waals surface area contributed by atoms with Crippen molar-refractivity contribution in [2.75, 3.05) is 18.4 Å². The molecule has 0 bridgehead atoms. The molecule has 0 radical (unpaired) electrons. The molecule has 0 saturated carbocycles. The highest BCUT2D eigenvalue weighted by atomic mass is 35.5. The molecular weight excluding hydrogens is 328 g/mol. The molecule has 7 heteroatoms. The summed E-state index contributed by atoms with van der Waals surface area (Å²) in [4.78, 5) is 16.4. The molecule has 0 aliphatic carbocycles. The minimum atomic E-state index is -0.128. The van der Waals surface area contributed by atoms with Crippen molar-refractivity contribution >= 4 is 34.2 Å². The minimum Gasteiger partial charge on any atom is -0.368 e. The summed E-state index contributed by atoms with van der Waals surface area (Å²) in [6.45, 7) is 2.81. The molecule has 0 aliphatic heterocycles. The predicted octanol–water partition coefficient (Wildman–Crippen LogP) is 2.96. The fourth-order valence-electron chi connectivity index (χ4n) is 2.34. The number of halogens is 1. The largest absolute Gasteiger partial charge is 0.368 e. The number of nitrogens with zero attached hydrogens (tertiary/aromatic N) is 2. The summed E-state index contributed by atoms with van der Waals surface area (Å²) in [6.07, 6.45) is 0.155. The molecule has 0 atom stereocenters. The number of hydrogen-bond acceptors (Lipinski definition) is 5. The SMILES string of the molecule is Cc1noc(Cl)c1CC(=O)NCCNc1ccc2ccccc2n1. The standard InChI is InChI=1S/C17H17ClN4O2/c1-11-13(17(18)24-22-11)10-16(23)20-9-8-19-15-7-6-12-4-2-3-5-14(12)21-15/h2-7H,8-10H2,1H3,(H,19,21)(H,20,23). The number of carbonyl (C=O) groups excluding carboxylic acids is 1. The van der Waals surface area contributed by atoms with Crippen LogP contribution >= 0.6 is 11.6 Å². The van der Waals surface area contributed by atoms with Crippen LogP contribution in [0.4, 0.5) is 5.82 Å². The van der Waals surface area contributed by atoms with E-state index in [1.807, 2.05) is 36.4 Å². The molecule has 0 saturated heterocycles. The molecule has 3 aromatic rings. The van der Waals surface area contributed by atoms with E-state index in [0.29, 0.717) is 24.3 Å². The number of benzene rings is 1. The van der Waals surface area contributed by atoms with E-state index in [0.717, 1.165) is 16.7 Å². The molecule has 24 heavy (non-hydrogen) atoms. The van der Waals surface area contributed by atoms with Crippen molar-refractivity contribution in [1.29, 1.82) is 0 Å². The number of anilines is 1. The van der Waals surface area contributed by atoms with Crippen LogP contribution in [0.3, 0.4) is 0 Å². The van der Waals surface area contributed by atoms with Crippen molar-refractivity contribution in [3.8, 4) is 0 Å². The third kappa shape index (κ3) is 3.83. The van der Waals surface area contributed by atoms with Crippen LogP contribution in [0.5, 0.6) is 0 Å². The zero-order chi connectivity index (χ0) is 16.9. The maximum atomic E-state index is 11.9. The average molecular weight is 345 g/mol. The first-order valence-electron chi connectivity index (χ1n) is 7.60. The van der Waals surface area contributed by atoms with Crippen LogP contribution in [0.25, 0.3) is 10.9 Å². The van der Waals surface area contributed by atoms with Gasteiger partial charge in [-0.05, 0) is 36.7 Å². The van der Waals surface area contributed by atoms with Crippen molar-refractivity contribution in [2.24, 2.45) is 0 Å². The van der Waals surface area contributed by atoms with Gasteiger partial charge in [-0.3, -0.25) is 4.79 Å². The number of aromatic nitrogens is 2. The summed E-state index contributed by atoms with van der Waals surface area (Å²) in [5.41, 5.74) is 2.19. The molecule has 1 aromatic carbocycles. The lowest BCUT2D eigenvalue weighted by Crippen LogP contribution is -2.30. The second-order valence-corrected chi connectivity index (χ2v) is 5.71. The van der Waals surface area contributed by atoms with Gasteiger partial charge in [0, 0.05) is 24.0 Å². The van der Waals surface area contributed by atoms with Crippen LogP contribution in [-0.2, 0) is 11.2 Å². The number of para-hydroxylation sites is 1. The maximum Gasteiger partial charge on any atom is 0.229 e. The third-order valence-corrected chi connectivity index (χ3v) is 3.92. The second kappa shape index (κ2) is 7.31. The normalized spacial score (nSPS) is 10.8. The van der Waals surface area contributed by atoms with Gasteiger partial charge in [-0.15, -0.1) is 0 Å². The van der Waals surface area contributed by atoms with Crippen LogP contribution < -0.4 is 10.6 Å². The molecule has 2 heterocycles. The second-order valence-electron chi connectivity index (χ2n) is 5.36. The molecule has 2 aromatic heterocycles. The van der Waals surface area contributed by atoms with E-state index in [1.54, 1.807) is 6.92 Å². The highest BCUT2D eigenvalue weighted by Gasteiger charge is 2.14. The Hall–Kier alpha value is -2.60. The fourth-order valence-corrected chi connectivity index (χ4v) is 2.58. The van der Waals surface area contributed by atoms with Crippen LogP contribution in [-0.4, -0.2) is 29.1 Å². The molecule has 1 amide bonds.